The number of methoxy groups -OCH3 is 1. The minimum Gasteiger partial charge on any atom is -0.497 e. The zero-order valence-electron chi connectivity index (χ0n) is 14.4. The molecule has 0 N–H and O–H groups in total. The molecule has 3 aromatic rings. The van der Waals surface area contributed by atoms with E-state index in [1.807, 2.05) is 29.6 Å². The summed E-state index contributed by atoms with van der Waals surface area (Å²) >= 11 is 1.64. The van der Waals surface area contributed by atoms with Crippen molar-refractivity contribution in [2.45, 2.75) is 32.3 Å². The normalized spacial score (nSPS) is 13.3. The third kappa shape index (κ3) is 3.35. The second-order valence-corrected chi connectivity index (χ2v) is 7.04. The quantitative estimate of drug-likeness (QED) is 0.631. The molecule has 0 amide bonds. The van der Waals surface area contributed by atoms with Crippen LogP contribution >= 0.6 is 11.3 Å². The zero-order valence-corrected chi connectivity index (χ0v) is 15.2. The molecule has 26 heavy (non-hydrogen) atoms. The predicted octanol–water partition coefficient (Wildman–Crippen LogP) is 4.04. The van der Waals surface area contributed by atoms with E-state index in [-0.39, 0.29) is 18.5 Å². The number of hydrogen-bond acceptors (Lipinski definition) is 7. The summed E-state index contributed by atoms with van der Waals surface area (Å²) in [4.78, 5) is 18.0. The number of hydrogen-bond donors (Lipinski definition) is 0. The van der Waals surface area contributed by atoms with E-state index in [0.29, 0.717) is 11.4 Å². The number of esters is 1. The largest absolute Gasteiger partial charge is 0.497 e. The summed E-state index contributed by atoms with van der Waals surface area (Å²) in [5.74, 6) is 1.15. The van der Waals surface area contributed by atoms with Crippen molar-refractivity contribution < 1.29 is 18.8 Å². The molecule has 0 unspecified atom stereocenters. The van der Waals surface area contributed by atoms with Crippen LogP contribution in [0.2, 0.25) is 0 Å². The molecule has 0 bridgehead atoms. The van der Waals surface area contributed by atoms with Gasteiger partial charge in [-0.05, 0) is 55.5 Å². The summed E-state index contributed by atoms with van der Waals surface area (Å²) in [7, 11) is 1.61. The van der Waals surface area contributed by atoms with Gasteiger partial charge in [-0.3, -0.25) is 0 Å². The van der Waals surface area contributed by atoms with Crippen molar-refractivity contribution in [2.24, 2.45) is 0 Å². The Kier molecular flexibility index (Phi) is 4.71. The van der Waals surface area contributed by atoms with Crippen molar-refractivity contribution in [3.05, 3.63) is 51.5 Å². The average Bonchev–Trinajstić information content (AvgIpc) is 3.33. The maximum absolute atomic E-state index is 12.4. The van der Waals surface area contributed by atoms with Crippen molar-refractivity contribution in [3.63, 3.8) is 0 Å². The standard InChI is InChI=1S/C19H18N2O4S/c1-23-13-8-6-12(7-9-13)18-20-17(25-21-18)10-24-19(22)15-11-26-16-5-3-2-4-14(15)16/h6-9,11H,2-5,10H2,1H3. The van der Waals surface area contributed by atoms with Crippen LogP contribution in [0.1, 0.15) is 39.5 Å². The third-order valence-electron chi connectivity index (χ3n) is 4.42. The van der Waals surface area contributed by atoms with Gasteiger partial charge in [0.15, 0.2) is 6.61 Å². The molecule has 7 heteroatoms. The zero-order chi connectivity index (χ0) is 17.9. The Labute approximate surface area is 154 Å². The molecule has 0 saturated heterocycles. The highest BCUT2D eigenvalue weighted by Gasteiger charge is 2.21. The van der Waals surface area contributed by atoms with Gasteiger partial charge in [-0.1, -0.05) is 5.16 Å². The van der Waals surface area contributed by atoms with Gasteiger partial charge in [0.25, 0.3) is 5.89 Å². The first kappa shape index (κ1) is 16.8. The van der Waals surface area contributed by atoms with E-state index in [1.54, 1.807) is 18.4 Å². The van der Waals surface area contributed by atoms with Crippen molar-refractivity contribution in [2.75, 3.05) is 7.11 Å². The Bertz CT molecular complexity index is 914. The van der Waals surface area contributed by atoms with E-state index in [0.717, 1.165) is 36.1 Å². The molecule has 6 nitrogen and oxygen atoms in total. The molecule has 0 radical (unpaired) electrons. The number of aromatic nitrogens is 2. The minimum atomic E-state index is -0.325. The lowest BCUT2D eigenvalue weighted by molar-refractivity contribution is 0.0429. The van der Waals surface area contributed by atoms with E-state index in [9.17, 15) is 4.79 Å². The van der Waals surface area contributed by atoms with E-state index in [2.05, 4.69) is 10.1 Å². The van der Waals surface area contributed by atoms with Gasteiger partial charge in [-0.25, -0.2) is 4.79 Å². The molecule has 0 fully saturated rings. The maximum atomic E-state index is 12.4. The van der Waals surface area contributed by atoms with E-state index >= 15 is 0 Å². The molecule has 2 aromatic heterocycles. The van der Waals surface area contributed by atoms with Crippen LogP contribution < -0.4 is 4.74 Å². The van der Waals surface area contributed by atoms with Crippen LogP contribution in [-0.4, -0.2) is 23.2 Å². The second-order valence-electron chi connectivity index (χ2n) is 6.07. The number of aryl methyl sites for hydroxylation is 1. The van der Waals surface area contributed by atoms with Crippen LogP contribution in [0.15, 0.2) is 34.2 Å². The van der Waals surface area contributed by atoms with E-state index in [4.69, 9.17) is 14.0 Å². The molecular formula is C19H18N2O4S. The first-order valence-electron chi connectivity index (χ1n) is 8.48. The summed E-state index contributed by atoms with van der Waals surface area (Å²) in [6.07, 6.45) is 4.32. The SMILES string of the molecule is COc1ccc(-c2noc(COC(=O)c3csc4c3CCCC4)n2)cc1. The van der Waals surface area contributed by atoms with Crippen LogP contribution in [0, 0.1) is 0 Å². The minimum absolute atomic E-state index is 0.0351. The molecule has 0 atom stereocenters. The molecule has 1 aliphatic carbocycles. The molecule has 2 heterocycles. The van der Waals surface area contributed by atoms with Crippen molar-refractivity contribution in [1.29, 1.82) is 0 Å². The summed E-state index contributed by atoms with van der Waals surface area (Å²) in [5, 5.41) is 5.83. The van der Waals surface area contributed by atoms with E-state index in [1.165, 1.54) is 11.3 Å². The van der Waals surface area contributed by atoms with Crippen molar-refractivity contribution >= 4 is 17.3 Å². The lowest BCUT2D eigenvalue weighted by atomic mass is 9.96. The molecule has 0 aliphatic heterocycles. The highest BCUT2D eigenvalue weighted by Crippen LogP contribution is 2.30. The predicted molar refractivity (Wildman–Crippen MR) is 96.4 cm³/mol. The topological polar surface area (TPSA) is 74.5 Å². The van der Waals surface area contributed by atoms with Gasteiger partial charge >= 0.3 is 5.97 Å². The van der Waals surface area contributed by atoms with Gasteiger partial charge in [-0.2, -0.15) is 4.98 Å². The lowest BCUT2D eigenvalue weighted by Gasteiger charge is -2.11. The first-order chi connectivity index (χ1) is 12.7. The number of carbonyl (C=O) groups excluding carboxylic acids is 1. The second kappa shape index (κ2) is 7.29. The Morgan fingerprint density at radius 1 is 1.23 bits per heavy atom. The Balaban J connectivity index is 1.41. The van der Waals surface area contributed by atoms with Crippen LogP contribution in [0.5, 0.6) is 5.75 Å². The van der Waals surface area contributed by atoms with E-state index < -0.39 is 0 Å². The molecular weight excluding hydrogens is 352 g/mol. The van der Waals surface area contributed by atoms with Crippen LogP contribution in [-0.2, 0) is 24.2 Å². The fraction of sp³-hybridized carbons (Fsp3) is 0.316. The number of carbonyl (C=O) groups is 1. The van der Waals surface area contributed by atoms with Crippen LogP contribution in [0.25, 0.3) is 11.4 Å². The fourth-order valence-electron chi connectivity index (χ4n) is 3.04. The van der Waals surface area contributed by atoms with Gasteiger partial charge in [0.1, 0.15) is 5.75 Å². The van der Waals surface area contributed by atoms with Gasteiger partial charge in [0.2, 0.25) is 5.82 Å². The Hall–Kier alpha value is -2.67. The summed E-state index contributed by atoms with van der Waals surface area (Å²) < 4.78 is 15.7. The average molecular weight is 370 g/mol. The number of rotatable bonds is 5. The number of benzene rings is 1. The third-order valence-corrected chi connectivity index (χ3v) is 5.51. The van der Waals surface area contributed by atoms with Crippen molar-refractivity contribution in [3.8, 4) is 17.1 Å². The van der Waals surface area contributed by atoms with Crippen LogP contribution in [0.4, 0.5) is 0 Å². The number of thiophene rings is 1. The highest BCUT2D eigenvalue weighted by molar-refractivity contribution is 7.10. The molecule has 1 aliphatic rings. The molecule has 4 rings (SSSR count). The summed E-state index contributed by atoms with van der Waals surface area (Å²) in [5.41, 5.74) is 2.63. The molecule has 0 spiro atoms. The Morgan fingerprint density at radius 3 is 2.85 bits per heavy atom. The summed E-state index contributed by atoms with van der Waals surface area (Å²) in [6, 6.07) is 7.34. The molecule has 1 aromatic carbocycles. The lowest BCUT2D eigenvalue weighted by Crippen LogP contribution is -2.09. The smallest absolute Gasteiger partial charge is 0.339 e. The first-order valence-corrected chi connectivity index (χ1v) is 9.36. The van der Waals surface area contributed by atoms with Gasteiger partial charge < -0.3 is 14.0 Å². The maximum Gasteiger partial charge on any atom is 0.339 e. The number of nitrogens with zero attached hydrogens (tertiary/aromatic N) is 2. The fourth-order valence-corrected chi connectivity index (χ4v) is 4.16. The molecule has 0 saturated carbocycles. The number of ether oxygens (including phenoxy) is 2. The van der Waals surface area contributed by atoms with Gasteiger partial charge in [0, 0.05) is 15.8 Å². The Morgan fingerprint density at radius 2 is 2.04 bits per heavy atom. The van der Waals surface area contributed by atoms with Gasteiger partial charge in [0.05, 0.1) is 12.7 Å². The molecule has 134 valence electrons. The monoisotopic (exact) mass is 370 g/mol. The van der Waals surface area contributed by atoms with Crippen molar-refractivity contribution in [1.82, 2.24) is 10.1 Å². The highest BCUT2D eigenvalue weighted by atomic mass is 32.1. The van der Waals surface area contributed by atoms with Crippen LogP contribution in [0.3, 0.4) is 0 Å². The number of fused-ring (bicyclic) bond motifs is 1. The summed E-state index contributed by atoms with van der Waals surface area (Å²) in [6.45, 7) is -0.0351. The van der Waals surface area contributed by atoms with Gasteiger partial charge in [-0.15, -0.1) is 11.3 Å².